The molecule has 0 spiro atoms. The largest absolute Gasteiger partial charge is 0.493 e. The third kappa shape index (κ3) is 2.51. The molecule has 2 heterocycles. The van der Waals surface area contributed by atoms with E-state index in [2.05, 4.69) is 17.3 Å². The van der Waals surface area contributed by atoms with Crippen LogP contribution in [0.5, 0.6) is 5.75 Å². The quantitative estimate of drug-likeness (QED) is 0.870. The summed E-state index contributed by atoms with van der Waals surface area (Å²) in [5.41, 5.74) is 2.15. The Hall–Kier alpha value is -1.75. The number of rotatable bonds is 6. The van der Waals surface area contributed by atoms with Crippen LogP contribution in [0, 0.1) is 6.92 Å². The van der Waals surface area contributed by atoms with Crippen LogP contribution >= 0.6 is 0 Å². The van der Waals surface area contributed by atoms with Gasteiger partial charge in [-0.25, -0.2) is 0 Å². The smallest absolute Gasteiger partial charge is 0.161 e. The van der Waals surface area contributed by atoms with Gasteiger partial charge in [0.15, 0.2) is 5.75 Å². The van der Waals surface area contributed by atoms with E-state index >= 15 is 0 Å². The van der Waals surface area contributed by atoms with E-state index in [0.29, 0.717) is 0 Å². The van der Waals surface area contributed by atoms with Crippen LogP contribution in [0.2, 0.25) is 0 Å². The molecule has 19 heavy (non-hydrogen) atoms. The number of furan rings is 1. The van der Waals surface area contributed by atoms with Crippen molar-refractivity contribution in [2.75, 3.05) is 14.2 Å². The van der Waals surface area contributed by atoms with Gasteiger partial charge in [0.2, 0.25) is 0 Å². The number of nitrogens with one attached hydrogen (secondary N) is 1. The topological polar surface area (TPSA) is 52.2 Å². The molecular formula is C14H21N3O2. The van der Waals surface area contributed by atoms with Crippen LogP contribution < -0.4 is 10.1 Å². The fraction of sp³-hybridized carbons (Fsp3) is 0.500. The van der Waals surface area contributed by atoms with E-state index in [4.69, 9.17) is 9.15 Å². The maximum absolute atomic E-state index is 5.44. The Morgan fingerprint density at radius 3 is 2.84 bits per heavy atom. The van der Waals surface area contributed by atoms with Crippen LogP contribution in [0.1, 0.15) is 36.4 Å². The normalized spacial score (nSPS) is 12.6. The molecule has 0 aromatic carbocycles. The minimum absolute atomic E-state index is 0.0164. The van der Waals surface area contributed by atoms with Gasteiger partial charge in [-0.05, 0) is 26.5 Å². The van der Waals surface area contributed by atoms with Gasteiger partial charge in [0.05, 0.1) is 25.6 Å². The molecule has 1 unspecified atom stereocenters. The number of ether oxygens (including phenoxy) is 1. The predicted molar refractivity (Wildman–Crippen MR) is 73.4 cm³/mol. The highest BCUT2D eigenvalue weighted by Crippen LogP contribution is 2.31. The third-order valence-electron chi connectivity index (χ3n) is 3.27. The molecule has 104 valence electrons. The highest BCUT2D eigenvalue weighted by Gasteiger charge is 2.24. The van der Waals surface area contributed by atoms with E-state index in [1.165, 1.54) is 0 Å². The van der Waals surface area contributed by atoms with Crippen LogP contribution in [-0.2, 0) is 6.54 Å². The first-order chi connectivity index (χ1) is 9.22. The Morgan fingerprint density at radius 1 is 1.53 bits per heavy atom. The summed E-state index contributed by atoms with van der Waals surface area (Å²) in [4.78, 5) is 0. The monoisotopic (exact) mass is 263 g/mol. The van der Waals surface area contributed by atoms with Crippen molar-refractivity contribution in [3.8, 4) is 5.75 Å². The summed E-state index contributed by atoms with van der Waals surface area (Å²) in [7, 11) is 3.60. The molecule has 2 rings (SSSR count). The molecule has 2 aromatic rings. The summed E-state index contributed by atoms with van der Waals surface area (Å²) in [5, 5.41) is 7.73. The zero-order chi connectivity index (χ0) is 13.8. The number of methoxy groups -OCH3 is 1. The molecule has 1 N–H and O–H groups in total. The molecule has 2 aromatic heterocycles. The van der Waals surface area contributed by atoms with E-state index in [1.807, 2.05) is 24.7 Å². The second-order valence-electron chi connectivity index (χ2n) is 4.48. The van der Waals surface area contributed by atoms with E-state index in [9.17, 15) is 0 Å². The van der Waals surface area contributed by atoms with Crippen LogP contribution in [0.4, 0.5) is 0 Å². The molecule has 0 fully saturated rings. The lowest BCUT2D eigenvalue weighted by Crippen LogP contribution is -2.22. The molecule has 5 nitrogen and oxygen atoms in total. The van der Waals surface area contributed by atoms with Crippen molar-refractivity contribution >= 4 is 0 Å². The van der Waals surface area contributed by atoms with Gasteiger partial charge in [0.1, 0.15) is 11.5 Å². The van der Waals surface area contributed by atoms with Crippen LogP contribution in [0.3, 0.4) is 0 Å². The Bertz CT molecular complexity index is 531. The maximum atomic E-state index is 5.44. The summed E-state index contributed by atoms with van der Waals surface area (Å²) in [6.45, 7) is 4.97. The molecule has 5 heteroatoms. The summed E-state index contributed by atoms with van der Waals surface area (Å²) in [6, 6.07) is 2.00. The van der Waals surface area contributed by atoms with Crippen molar-refractivity contribution in [2.24, 2.45) is 0 Å². The highest BCUT2D eigenvalue weighted by molar-refractivity contribution is 5.37. The number of nitrogens with zero attached hydrogens (tertiary/aromatic N) is 2. The summed E-state index contributed by atoms with van der Waals surface area (Å²) >= 11 is 0. The van der Waals surface area contributed by atoms with Crippen molar-refractivity contribution in [2.45, 2.75) is 32.9 Å². The molecule has 0 aliphatic heterocycles. The van der Waals surface area contributed by atoms with Gasteiger partial charge in [0, 0.05) is 12.1 Å². The van der Waals surface area contributed by atoms with Gasteiger partial charge in [-0.3, -0.25) is 4.68 Å². The average molecular weight is 263 g/mol. The first kappa shape index (κ1) is 13.7. The van der Waals surface area contributed by atoms with Crippen molar-refractivity contribution in [1.82, 2.24) is 15.1 Å². The van der Waals surface area contributed by atoms with Crippen LogP contribution in [-0.4, -0.2) is 23.9 Å². The molecule has 0 aliphatic rings. The lowest BCUT2D eigenvalue weighted by atomic mass is 10.0. The fourth-order valence-electron chi connectivity index (χ4n) is 2.35. The number of aromatic nitrogens is 2. The lowest BCUT2D eigenvalue weighted by molar-refractivity contribution is 0.399. The molecule has 0 amide bonds. The maximum Gasteiger partial charge on any atom is 0.161 e. The van der Waals surface area contributed by atoms with E-state index in [1.54, 1.807) is 19.6 Å². The first-order valence-corrected chi connectivity index (χ1v) is 6.53. The molecule has 0 radical (unpaired) electrons. The Morgan fingerprint density at radius 2 is 2.32 bits per heavy atom. The minimum Gasteiger partial charge on any atom is -0.493 e. The Balaban J connectivity index is 2.48. The zero-order valence-corrected chi connectivity index (χ0v) is 11.9. The van der Waals surface area contributed by atoms with E-state index in [-0.39, 0.29) is 6.04 Å². The first-order valence-electron chi connectivity index (χ1n) is 6.53. The van der Waals surface area contributed by atoms with Crippen LogP contribution in [0.15, 0.2) is 22.9 Å². The molecule has 0 aliphatic carbocycles. The molecular weight excluding hydrogens is 242 g/mol. The van der Waals surface area contributed by atoms with E-state index in [0.717, 1.165) is 35.7 Å². The second kappa shape index (κ2) is 5.93. The Kier molecular flexibility index (Phi) is 4.27. The van der Waals surface area contributed by atoms with Crippen LogP contribution in [0.25, 0.3) is 0 Å². The summed E-state index contributed by atoms with van der Waals surface area (Å²) < 4.78 is 12.8. The van der Waals surface area contributed by atoms with Gasteiger partial charge in [-0.15, -0.1) is 0 Å². The number of hydrogen-bond acceptors (Lipinski definition) is 4. The number of aryl methyl sites for hydroxylation is 2. The van der Waals surface area contributed by atoms with Gasteiger partial charge >= 0.3 is 0 Å². The molecule has 0 saturated carbocycles. The average Bonchev–Trinajstić information content (AvgIpc) is 3.00. The van der Waals surface area contributed by atoms with Gasteiger partial charge in [-0.2, -0.15) is 5.10 Å². The summed E-state index contributed by atoms with van der Waals surface area (Å²) in [5.74, 6) is 1.71. The number of hydrogen-bond donors (Lipinski definition) is 1. The van der Waals surface area contributed by atoms with Gasteiger partial charge in [0.25, 0.3) is 0 Å². The lowest BCUT2D eigenvalue weighted by Gasteiger charge is -2.18. The molecule has 1 atom stereocenters. The zero-order valence-electron chi connectivity index (χ0n) is 11.9. The van der Waals surface area contributed by atoms with E-state index < -0.39 is 0 Å². The highest BCUT2D eigenvalue weighted by atomic mass is 16.5. The Labute approximate surface area is 113 Å². The van der Waals surface area contributed by atoms with Crippen molar-refractivity contribution in [3.05, 3.63) is 35.5 Å². The predicted octanol–water partition coefficient (Wildman–Crippen LogP) is 2.51. The SMILES string of the molecule is CCCn1ncc(OC)c1C(NC)c1ccoc1C. The van der Waals surface area contributed by atoms with Gasteiger partial charge < -0.3 is 14.5 Å². The van der Waals surface area contributed by atoms with Crippen molar-refractivity contribution in [1.29, 1.82) is 0 Å². The van der Waals surface area contributed by atoms with Crippen molar-refractivity contribution < 1.29 is 9.15 Å². The van der Waals surface area contributed by atoms with Gasteiger partial charge in [-0.1, -0.05) is 6.92 Å². The molecule has 0 bridgehead atoms. The standard InChI is InChI=1S/C14H21N3O2/c1-5-7-17-14(12(18-4)9-16-17)13(15-3)11-6-8-19-10(11)2/h6,8-9,13,15H,5,7H2,1-4H3. The second-order valence-corrected chi connectivity index (χ2v) is 4.48. The fourth-order valence-corrected chi connectivity index (χ4v) is 2.35. The minimum atomic E-state index is 0.0164. The third-order valence-corrected chi connectivity index (χ3v) is 3.27. The summed E-state index contributed by atoms with van der Waals surface area (Å²) in [6.07, 6.45) is 4.51. The molecule has 0 saturated heterocycles. The van der Waals surface area contributed by atoms with Crippen molar-refractivity contribution in [3.63, 3.8) is 0 Å².